The van der Waals surface area contributed by atoms with E-state index >= 15 is 0 Å². The van der Waals surface area contributed by atoms with Crippen molar-refractivity contribution < 1.29 is 9.50 Å². The van der Waals surface area contributed by atoms with Crippen molar-refractivity contribution >= 4 is 11.6 Å². The first-order valence-electron chi connectivity index (χ1n) is 7.95. The summed E-state index contributed by atoms with van der Waals surface area (Å²) in [6.45, 7) is 0.203. The molecule has 0 bridgehead atoms. The van der Waals surface area contributed by atoms with Gasteiger partial charge in [0.2, 0.25) is 0 Å². The van der Waals surface area contributed by atoms with E-state index in [2.05, 4.69) is 0 Å². The van der Waals surface area contributed by atoms with Crippen molar-refractivity contribution in [3.63, 3.8) is 0 Å². The lowest BCUT2D eigenvalue weighted by molar-refractivity contribution is 0.110. The summed E-state index contributed by atoms with van der Waals surface area (Å²) in [7, 11) is 0. The number of hydrogen-bond acceptors (Lipinski definition) is 2. The summed E-state index contributed by atoms with van der Waals surface area (Å²) in [5.74, 6) is -0.290. The molecule has 0 amide bonds. The Balaban J connectivity index is 2.09. The Morgan fingerprint density at radius 2 is 1.90 bits per heavy atom. The van der Waals surface area contributed by atoms with E-state index in [0.29, 0.717) is 22.9 Å². The van der Waals surface area contributed by atoms with Crippen LogP contribution in [0.15, 0.2) is 18.2 Å². The summed E-state index contributed by atoms with van der Waals surface area (Å²) in [4.78, 5) is 0. The predicted molar refractivity (Wildman–Crippen MR) is 85.0 cm³/mol. The van der Waals surface area contributed by atoms with Crippen LogP contribution in [0, 0.1) is 11.7 Å². The standard InChI is InChI=1S/C17H25ClFNO/c18-14-8-5-9-15(19)17(14)13(11-20)16(21)10-12-6-3-1-2-4-7-12/h5,8-9,12-13,16,21H,1-4,6-7,10-11,20H2. The van der Waals surface area contributed by atoms with Crippen LogP contribution in [0.4, 0.5) is 4.39 Å². The number of aliphatic hydroxyl groups is 1. The Bertz CT molecular complexity index is 426. The zero-order chi connectivity index (χ0) is 15.2. The molecule has 21 heavy (non-hydrogen) atoms. The maximum absolute atomic E-state index is 14.0. The monoisotopic (exact) mass is 313 g/mol. The molecule has 2 rings (SSSR count). The fourth-order valence-electron chi connectivity index (χ4n) is 3.44. The van der Waals surface area contributed by atoms with Crippen LogP contribution in [0.5, 0.6) is 0 Å². The number of benzene rings is 1. The van der Waals surface area contributed by atoms with Crippen LogP contribution in [0.1, 0.15) is 56.4 Å². The van der Waals surface area contributed by atoms with E-state index in [0.717, 1.165) is 12.8 Å². The molecule has 1 saturated carbocycles. The lowest BCUT2D eigenvalue weighted by Crippen LogP contribution is -2.29. The van der Waals surface area contributed by atoms with Gasteiger partial charge in [-0.2, -0.15) is 0 Å². The first kappa shape index (κ1) is 16.7. The fourth-order valence-corrected chi connectivity index (χ4v) is 3.74. The highest BCUT2D eigenvalue weighted by Crippen LogP contribution is 2.34. The minimum atomic E-state index is -0.632. The SMILES string of the molecule is NCC(c1c(F)cccc1Cl)C(O)CC1CCCCCC1. The van der Waals surface area contributed by atoms with Crippen molar-refractivity contribution in [2.75, 3.05) is 6.54 Å². The quantitative estimate of drug-likeness (QED) is 0.799. The van der Waals surface area contributed by atoms with Gasteiger partial charge in [0.1, 0.15) is 5.82 Å². The average Bonchev–Trinajstić information content (AvgIpc) is 2.71. The van der Waals surface area contributed by atoms with E-state index in [4.69, 9.17) is 17.3 Å². The van der Waals surface area contributed by atoms with Crippen molar-refractivity contribution in [1.82, 2.24) is 0 Å². The van der Waals surface area contributed by atoms with Crippen molar-refractivity contribution in [2.45, 2.75) is 57.0 Å². The van der Waals surface area contributed by atoms with Gasteiger partial charge in [-0.1, -0.05) is 56.2 Å². The second-order valence-electron chi connectivity index (χ2n) is 6.14. The maximum atomic E-state index is 14.0. The molecule has 0 saturated heterocycles. The molecule has 3 N–H and O–H groups in total. The summed E-state index contributed by atoms with van der Waals surface area (Å²) in [5, 5.41) is 10.9. The second kappa shape index (κ2) is 8.11. The number of nitrogens with two attached hydrogens (primary N) is 1. The average molecular weight is 314 g/mol. The predicted octanol–water partition coefficient (Wildman–Crippen LogP) is 4.24. The highest BCUT2D eigenvalue weighted by molar-refractivity contribution is 6.31. The highest BCUT2D eigenvalue weighted by Gasteiger charge is 2.27. The van der Waals surface area contributed by atoms with Crippen LogP contribution in [0.3, 0.4) is 0 Å². The number of halogens is 2. The maximum Gasteiger partial charge on any atom is 0.128 e. The Kier molecular flexibility index (Phi) is 6.46. The number of aliphatic hydroxyl groups excluding tert-OH is 1. The van der Waals surface area contributed by atoms with Gasteiger partial charge in [0, 0.05) is 23.0 Å². The van der Waals surface area contributed by atoms with Crippen LogP contribution in [-0.4, -0.2) is 17.8 Å². The van der Waals surface area contributed by atoms with Crippen LogP contribution in [0.25, 0.3) is 0 Å². The molecule has 0 radical (unpaired) electrons. The molecule has 0 heterocycles. The van der Waals surface area contributed by atoms with Gasteiger partial charge in [0.15, 0.2) is 0 Å². The molecule has 2 unspecified atom stereocenters. The second-order valence-corrected chi connectivity index (χ2v) is 6.55. The molecule has 0 aromatic heterocycles. The van der Waals surface area contributed by atoms with Gasteiger partial charge in [-0.15, -0.1) is 0 Å². The van der Waals surface area contributed by atoms with Gasteiger partial charge in [0.25, 0.3) is 0 Å². The summed E-state index contributed by atoms with van der Waals surface area (Å²) < 4.78 is 14.0. The smallest absolute Gasteiger partial charge is 0.128 e. The lowest BCUT2D eigenvalue weighted by Gasteiger charge is -2.26. The van der Waals surface area contributed by atoms with Gasteiger partial charge in [-0.25, -0.2) is 4.39 Å². The van der Waals surface area contributed by atoms with Gasteiger partial charge in [-0.05, 0) is 24.5 Å². The Morgan fingerprint density at radius 3 is 2.48 bits per heavy atom. The molecule has 1 aromatic carbocycles. The third-order valence-corrected chi connectivity index (χ3v) is 4.97. The Labute approximate surface area is 131 Å². The van der Waals surface area contributed by atoms with Crippen LogP contribution in [-0.2, 0) is 0 Å². The minimum absolute atomic E-state index is 0.203. The van der Waals surface area contributed by atoms with E-state index in [-0.39, 0.29) is 12.4 Å². The van der Waals surface area contributed by atoms with Crippen LogP contribution < -0.4 is 5.73 Å². The molecule has 1 aromatic rings. The molecule has 0 spiro atoms. The minimum Gasteiger partial charge on any atom is -0.392 e. The lowest BCUT2D eigenvalue weighted by atomic mass is 9.85. The molecule has 1 aliphatic carbocycles. The zero-order valence-corrected chi connectivity index (χ0v) is 13.2. The third kappa shape index (κ3) is 4.41. The third-order valence-electron chi connectivity index (χ3n) is 4.64. The summed E-state index contributed by atoms with van der Waals surface area (Å²) in [6.07, 6.45) is 7.38. The molecule has 0 aliphatic heterocycles. The molecule has 4 heteroatoms. The van der Waals surface area contributed by atoms with Gasteiger partial charge >= 0.3 is 0 Å². The summed E-state index contributed by atoms with van der Waals surface area (Å²) in [6, 6.07) is 4.61. The first-order chi connectivity index (χ1) is 10.1. The Morgan fingerprint density at radius 1 is 1.24 bits per heavy atom. The molecule has 2 nitrogen and oxygen atoms in total. The largest absolute Gasteiger partial charge is 0.392 e. The molecule has 1 aliphatic rings. The van der Waals surface area contributed by atoms with E-state index in [1.165, 1.54) is 31.7 Å². The molecule has 1 fully saturated rings. The van der Waals surface area contributed by atoms with Crippen LogP contribution >= 0.6 is 11.6 Å². The fraction of sp³-hybridized carbons (Fsp3) is 0.647. The number of hydrogen-bond donors (Lipinski definition) is 2. The normalized spacial score (nSPS) is 20.0. The topological polar surface area (TPSA) is 46.2 Å². The van der Waals surface area contributed by atoms with Gasteiger partial charge in [-0.3, -0.25) is 0 Å². The van der Waals surface area contributed by atoms with Crippen molar-refractivity contribution in [2.24, 2.45) is 11.7 Å². The zero-order valence-electron chi connectivity index (χ0n) is 12.4. The Hall–Kier alpha value is -0.640. The molecule has 2 atom stereocenters. The van der Waals surface area contributed by atoms with E-state index in [9.17, 15) is 9.50 Å². The summed E-state index contributed by atoms with van der Waals surface area (Å²) >= 11 is 6.11. The van der Waals surface area contributed by atoms with Gasteiger partial charge < -0.3 is 10.8 Å². The van der Waals surface area contributed by atoms with Crippen molar-refractivity contribution in [1.29, 1.82) is 0 Å². The molecule has 118 valence electrons. The van der Waals surface area contributed by atoms with Crippen molar-refractivity contribution in [3.8, 4) is 0 Å². The summed E-state index contributed by atoms with van der Waals surface area (Å²) in [5.41, 5.74) is 6.16. The first-order valence-corrected chi connectivity index (χ1v) is 8.33. The van der Waals surface area contributed by atoms with Crippen molar-refractivity contribution in [3.05, 3.63) is 34.6 Å². The number of rotatable bonds is 5. The van der Waals surface area contributed by atoms with E-state index < -0.39 is 12.0 Å². The van der Waals surface area contributed by atoms with E-state index in [1.807, 2.05) is 0 Å². The van der Waals surface area contributed by atoms with E-state index in [1.54, 1.807) is 12.1 Å². The van der Waals surface area contributed by atoms with Gasteiger partial charge in [0.05, 0.1) is 6.10 Å². The molecular weight excluding hydrogens is 289 g/mol. The van der Waals surface area contributed by atoms with Crippen LogP contribution in [0.2, 0.25) is 5.02 Å². The molecular formula is C17H25ClFNO. The highest BCUT2D eigenvalue weighted by atomic mass is 35.5.